The van der Waals surface area contributed by atoms with Gasteiger partial charge in [0.1, 0.15) is 0 Å². The Bertz CT molecular complexity index is 3440. The van der Waals surface area contributed by atoms with Crippen molar-refractivity contribution in [2.24, 2.45) is 0 Å². The Morgan fingerprint density at radius 3 is 1.54 bits per heavy atom. The second-order valence-corrected chi connectivity index (χ2v) is 21.4. The lowest BCUT2D eigenvalue weighted by Gasteiger charge is -2.35. The van der Waals surface area contributed by atoms with E-state index in [2.05, 4.69) is 276 Å². The van der Waals surface area contributed by atoms with Gasteiger partial charge in [-0.3, -0.25) is 0 Å². The fourth-order valence-corrected chi connectivity index (χ4v) is 15.4. The summed E-state index contributed by atoms with van der Waals surface area (Å²) in [6.07, 6.45) is 6.76. The summed E-state index contributed by atoms with van der Waals surface area (Å²) >= 11 is 0. The molecule has 11 aromatic rings. The van der Waals surface area contributed by atoms with Gasteiger partial charge in [0.15, 0.2) is 8.07 Å². The van der Waals surface area contributed by atoms with Crippen molar-refractivity contribution in [3.8, 4) is 27.9 Å². The first-order valence-electron chi connectivity index (χ1n) is 23.4. The molecule has 0 aliphatic heterocycles. The van der Waals surface area contributed by atoms with Gasteiger partial charge in [0, 0.05) is 33.5 Å². The molecule has 3 heteroatoms. The van der Waals surface area contributed by atoms with Crippen LogP contribution in [0.25, 0.3) is 55.8 Å². The molecule has 1 aliphatic rings. The summed E-state index contributed by atoms with van der Waals surface area (Å²) in [6, 6.07) is 94.4. The fraction of sp³-hybridized carbons (Fsp3) is 0.0312. The molecule has 0 fully saturated rings. The Balaban J connectivity index is 0.969. The van der Waals surface area contributed by atoms with Crippen LogP contribution in [0.2, 0.25) is 0 Å². The minimum absolute atomic E-state index is 1.08. The number of fused-ring (bicyclic) bond motifs is 4. The molecule has 10 aromatic carbocycles. The summed E-state index contributed by atoms with van der Waals surface area (Å²) in [7, 11) is -2.79. The molecular weight excluding hydrogens is 825 g/mol. The van der Waals surface area contributed by atoms with E-state index < -0.39 is 8.07 Å². The number of rotatable bonds is 10. The molecule has 0 N–H and O–H groups in total. The van der Waals surface area contributed by atoms with Crippen LogP contribution in [0.5, 0.6) is 0 Å². The Hall–Kier alpha value is -8.24. The summed E-state index contributed by atoms with van der Waals surface area (Å²) < 4.78 is 2.44. The van der Waals surface area contributed by atoms with E-state index in [9.17, 15) is 0 Å². The van der Waals surface area contributed by atoms with Gasteiger partial charge in [0.05, 0.1) is 11.0 Å². The average molecular weight is 873 g/mol. The van der Waals surface area contributed by atoms with Crippen LogP contribution in [-0.4, -0.2) is 12.6 Å². The highest BCUT2D eigenvalue weighted by Crippen LogP contribution is 2.39. The highest BCUT2D eigenvalue weighted by atomic mass is 28.3. The molecule has 12 rings (SSSR count). The molecule has 1 heterocycles. The van der Waals surface area contributed by atoms with Gasteiger partial charge in [-0.25, -0.2) is 0 Å². The molecule has 318 valence electrons. The van der Waals surface area contributed by atoms with Crippen molar-refractivity contribution >= 4 is 73.8 Å². The highest BCUT2D eigenvalue weighted by Gasteiger charge is 2.41. The Morgan fingerprint density at radius 1 is 0.358 bits per heavy atom. The Labute approximate surface area is 394 Å². The van der Waals surface area contributed by atoms with Crippen LogP contribution in [0.1, 0.15) is 17.5 Å². The van der Waals surface area contributed by atoms with Crippen LogP contribution in [0.4, 0.5) is 17.1 Å². The minimum atomic E-state index is -2.79. The van der Waals surface area contributed by atoms with E-state index in [0.717, 1.165) is 29.9 Å². The smallest absolute Gasteiger partial charge is 0.179 e. The molecule has 0 atom stereocenters. The number of aromatic nitrogens is 1. The van der Waals surface area contributed by atoms with Crippen molar-refractivity contribution in [1.29, 1.82) is 0 Å². The number of nitrogens with zero attached hydrogens (tertiary/aromatic N) is 2. The van der Waals surface area contributed by atoms with E-state index in [1.807, 2.05) is 0 Å². The number of para-hydroxylation sites is 1. The molecule has 0 saturated heterocycles. The zero-order valence-electron chi connectivity index (χ0n) is 37.2. The first kappa shape index (κ1) is 40.3. The number of anilines is 3. The van der Waals surface area contributed by atoms with Crippen molar-refractivity contribution < 1.29 is 0 Å². The summed E-state index contributed by atoms with van der Waals surface area (Å²) in [6.45, 7) is 0. The van der Waals surface area contributed by atoms with Crippen LogP contribution >= 0.6 is 0 Å². The maximum atomic E-state index is 2.46. The number of allylic oxidation sites excluding steroid dienone is 1. The van der Waals surface area contributed by atoms with Crippen LogP contribution in [0.15, 0.2) is 261 Å². The lowest BCUT2D eigenvalue weighted by molar-refractivity contribution is 0.986. The van der Waals surface area contributed by atoms with Gasteiger partial charge in [0.2, 0.25) is 0 Å². The van der Waals surface area contributed by atoms with Gasteiger partial charge in [-0.15, -0.1) is 0 Å². The number of benzene rings is 10. The predicted octanol–water partition coefficient (Wildman–Crippen LogP) is 13.9. The van der Waals surface area contributed by atoms with Gasteiger partial charge in [-0.1, -0.05) is 200 Å². The number of hydrogen-bond acceptors (Lipinski definition) is 1. The minimum Gasteiger partial charge on any atom is -0.310 e. The fourth-order valence-electron chi connectivity index (χ4n) is 10.6. The molecule has 0 radical (unpaired) electrons. The maximum Gasteiger partial charge on any atom is 0.179 e. The first-order valence-corrected chi connectivity index (χ1v) is 25.4. The summed E-state index contributed by atoms with van der Waals surface area (Å²) in [5, 5.41) is 7.98. The van der Waals surface area contributed by atoms with E-state index in [4.69, 9.17) is 0 Å². The average Bonchev–Trinajstić information content (AvgIpc) is 3.73. The molecule has 0 saturated carbocycles. The molecule has 0 bridgehead atoms. The second-order valence-electron chi connectivity index (χ2n) is 17.6. The topological polar surface area (TPSA) is 8.17 Å². The second kappa shape index (κ2) is 17.3. The standard InChI is InChI=1S/C64H48N2Si/c1-5-19-47(20-6-1)50-23-17-24-55(43-50)65(56-25-18-32-60(46-56)67(57-26-7-2-8-27-57,58-28-9-3-10-29-58)59-30-11-4-12-31-59)53-39-35-48(36-40-53)49-37-41-54(42-38-49)66-63-34-16-15-33-61(63)62-44-51-21-13-14-22-52(51)45-64(62)66/h1-13,15-21,23-46H,14,22H2. The van der Waals surface area contributed by atoms with Gasteiger partial charge in [-0.05, 0) is 134 Å². The Kier molecular flexibility index (Phi) is 10.4. The molecule has 0 spiro atoms. The molecule has 1 aromatic heterocycles. The predicted molar refractivity (Wildman–Crippen MR) is 287 cm³/mol. The Morgan fingerprint density at radius 2 is 0.881 bits per heavy atom. The summed E-state index contributed by atoms with van der Waals surface area (Å²) in [5.41, 5.74) is 14.5. The zero-order valence-corrected chi connectivity index (χ0v) is 38.2. The van der Waals surface area contributed by atoms with Crippen molar-refractivity contribution in [2.45, 2.75) is 12.8 Å². The third kappa shape index (κ3) is 7.21. The van der Waals surface area contributed by atoms with Crippen LogP contribution in [0.3, 0.4) is 0 Å². The van der Waals surface area contributed by atoms with E-state index in [0.29, 0.717) is 0 Å². The van der Waals surface area contributed by atoms with Crippen molar-refractivity contribution in [1.82, 2.24) is 4.57 Å². The number of hydrogen-bond donors (Lipinski definition) is 0. The maximum absolute atomic E-state index is 2.79. The SMILES string of the molecule is C1=Cc2cc3c4ccccc4n(-c4ccc(-c5ccc(N(c6cccc(-c7ccccc7)c6)c6cccc([Si](c7ccccc7)(c7ccccc7)c7ccccc7)c6)cc5)cc4)c3cc2CC1. The third-order valence-electron chi connectivity index (χ3n) is 13.8. The van der Waals surface area contributed by atoms with Crippen molar-refractivity contribution in [2.75, 3.05) is 4.90 Å². The van der Waals surface area contributed by atoms with E-state index in [1.54, 1.807) is 0 Å². The lowest BCUT2D eigenvalue weighted by atomic mass is 9.95. The van der Waals surface area contributed by atoms with Gasteiger partial charge >= 0.3 is 0 Å². The van der Waals surface area contributed by atoms with Crippen molar-refractivity contribution in [3.05, 3.63) is 272 Å². The molecule has 67 heavy (non-hydrogen) atoms. The summed E-state index contributed by atoms with van der Waals surface area (Å²) in [5.74, 6) is 0. The molecule has 0 amide bonds. The van der Waals surface area contributed by atoms with Gasteiger partial charge < -0.3 is 9.47 Å². The normalized spacial score (nSPS) is 12.3. The lowest BCUT2D eigenvalue weighted by Crippen LogP contribution is -2.74. The largest absolute Gasteiger partial charge is 0.310 e. The quantitative estimate of drug-likeness (QED) is 0.0982. The molecule has 0 unspecified atom stereocenters. The summed E-state index contributed by atoms with van der Waals surface area (Å²) in [4.78, 5) is 2.43. The monoisotopic (exact) mass is 872 g/mol. The van der Waals surface area contributed by atoms with E-state index >= 15 is 0 Å². The van der Waals surface area contributed by atoms with E-state index in [-0.39, 0.29) is 0 Å². The highest BCUT2D eigenvalue weighted by molar-refractivity contribution is 7.19. The van der Waals surface area contributed by atoms with Crippen LogP contribution in [-0.2, 0) is 6.42 Å². The first-order chi connectivity index (χ1) is 33.2. The van der Waals surface area contributed by atoms with Crippen molar-refractivity contribution in [3.63, 3.8) is 0 Å². The van der Waals surface area contributed by atoms with Crippen LogP contribution < -0.4 is 25.6 Å². The van der Waals surface area contributed by atoms with Gasteiger partial charge in [0.25, 0.3) is 0 Å². The number of aryl methyl sites for hydroxylation is 1. The molecular formula is C64H48N2Si. The zero-order chi connectivity index (χ0) is 44.6. The van der Waals surface area contributed by atoms with Crippen LogP contribution in [0, 0.1) is 0 Å². The molecule has 1 aliphatic carbocycles. The molecule has 2 nitrogen and oxygen atoms in total. The van der Waals surface area contributed by atoms with Gasteiger partial charge in [-0.2, -0.15) is 0 Å². The third-order valence-corrected chi connectivity index (χ3v) is 18.5. The van der Waals surface area contributed by atoms with E-state index in [1.165, 1.54) is 81.6 Å².